The molecule has 0 aromatic heterocycles. The molecule has 0 aliphatic heterocycles. The summed E-state index contributed by atoms with van der Waals surface area (Å²) in [6.45, 7) is 3.56. The van der Waals surface area contributed by atoms with Gasteiger partial charge in [-0.3, -0.25) is 0 Å². The molecule has 23 heavy (non-hydrogen) atoms. The molecule has 0 amide bonds. The van der Waals surface area contributed by atoms with Crippen molar-refractivity contribution in [2.45, 2.75) is 20.0 Å². The van der Waals surface area contributed by atoms with E-state index in [0.29, 0.717) is 10.8 Å². The second kappa shape index (κ2) is 6.40. The topological polar surface area (TPSA) is 58.0 Å². The number of nitrogens with zero attached hydrogens (tertiary/aromatic N) is 3. The molecule has 0 fully saturated rings. The van der Waals surface area contributed by atoms with Crippen molar-refractivity contribution >= 4 is 17.3 Å². The van der Waals surface area contributed by atoms with Crippen molar-refractivity contribution in [1.29, 1.82) is 0 Å². The lowest BCUT2D eigenvalue weighted by Gasteiger charge is -2.13. The largest absolute Gasteiger partial charge is 0.457 e. The van der Waals surface area contributed by atoms with E-state index in [9.17, 15) is 13.2 Å². The van der Waals surface area contributed by atoms with Gasteiger partial charge in [0.25, 0.3) is 0 Å². The minimum absolute atomic E-state index is 0.0249. The van der Waals surface area contributed by atoms with Crippen LogP contribution in [0.5, 0.6) is 11.5 Å². The molecule has 2 rings (SSSR count). The Kier molecular flexibility index (Phi) is 4.73. The minimum atomic E-state index is -4.54. The molecule has 4 nitrogen and oxygen atoms in total. The predicted octanol–water partition coefficient (Wildman–Crippen LogP) is 6.71. The fraction of sp³-hybridized carbons (Fsp3) is 0.200. The summed E-state index contributed by atoms with van der Waals surface area (Å²) in [6, 6.07) is 6.01. The van der Waals surface area contributed by atoms with Gasteiger partial charge >= 0.3 is 6.18 Å². The van der Waals surface area contributed by atoms with Crippen LogP contribution in [0.1, 0.15) is 16.7 Å². The lowest BCUT2D eigenvalue weighted by atomic mass is 10.1. The average molecular weight is 342 g/mol. The van der Waals surface area contributed by atoms with Crippen LogP contribution in [-0.4, -0.2) is 0 Å². The summed E-state index contributed by atoms with van der Waals surface area (Å²) in [5.74, 6) is 0.412. The van der Waals surface area contributed by atoms with Crippen molar-refractivity contribution in [3.8, 4) is 11.5 Å². The third-order valence-electron chi connectivity index (χ3n) is 3.08. The van der Waals surface area contributed by atoms with Crippen molar-refractivity contribution < 1.29 is 17.9 Å². The molecule has 0 heterocycles. The van der Waals surface area contributed by atoms with Crippen molar-refractivity contribution in [1.82, 2.24) is 0 Å². The van der Waals surface area contributed by atoms with Crippen LogP contribution in [-0.2, 0) is 6.18 Å². The molecule has 8 heteroatoms. The van der Waals surface area contributed by atoms with Gasteiger partial charge in [-0.25, -0.2) is 0 Å². The van der Waals surface area contributed by atoms with Crippen LogP contribution in [0, 0.1) is 13.8 Å². The standard InChI is InChI=1S/C15H11ClF3N3O/c1-8-5-11(6-9(2)14(8)16)23-13-4-3-10(15(17,18)19)7-12(13)21-22-20/h3-7H,1-2H3. The van der Waals surface area contributed by atoms with E-state index in [1.807, 2.05) is 0 Å². The Labute approximate surface area is 135 Å². The van der Waals surface area contributed by atoms with E-state index in [2.05, 4.69) is 10.0 Å². The zero-order chi connectivity index (χ0) is 17.2. The highest BCUT2D eigenvalue weighted by atomic mass is 35.5. The zero-order valence-electron chi connectivity index (χ0n) is 12.1. The van der Waals surface area contributed by atoms with Gasteiger partial charge in [0.1, 0.15) is 11.5 Å². The molecule has 120 valence electrons. The molecular formula is C15H11ClF3N3O. The summed E-state index contributed by atoms with van der Waals surface area (Å²) in [4.78, 5) is 2.54. The smallest absolute Gasteiger partial charge is 0.416 e. The van der Waals surface area contributed by atoms with Gasteiger partial charge in [-0.1, -0.05) is 16.7 Å². The molecule has 0 atom stereocenters. The number of halogens is 4. The van der Waals surface area contributed by atoms with Crippen molar-refractivity contribution in [2.24, 2.45) is 5.11 Å². The highest BCUT2D eigenvalue weighted by Gasteiger charge is 2.31. The van der Waals surface area contributed by atoms with Gasteiger partial charge in [0.05, 0.1) is 11.3 Å². The maximum Gasteiger partial charge on any atom is 0.416 e. The SMILES string of the molecule is Cc1cc(Oc2ccc(C(F)(F)F)cc2N=[N+]=[N-])cc(C)c1Cl. The quantitative estimate of drug-likeness (QED) is 0.347. The summed E-state index contributed by atoms with van der Waals surface area (Å²) in [5, 5.41) is 3.85. The Morgan fingerprint density at radius 2 is 1.74 bits per heavy atom. The van der Waals surface area contributed by atoms with Gasteiger partial charge in [-0.15, -0.1) is 0 Å². The van der Waals surface area contributed by atoms with E-state index in [4.69, 9.17) is 21.9 Å². The number of ether oxygens (including phenoxy) is 1. The van der Waals surface area contributed by atoms with E-state index < -0.39 is 11.7 Å². The molecular weight excluding hydrogens is 331 g/mol. The van der Waals surface area contributed by atoms with Crippen LogP contribution in [0.25, 0.3) is 10.4 Å². The van der Waals surface area contributed by atoms with Crippen LogP contribution in [0.15, 0.2) is 35.4 Å². The number of hydrogen-bond acceptors (Lipinski definition) is 2. The Morgan fingerprint density at radius 3 is 2.26 bits per heavy atom. The van der Waals surface area contributed by atoms with Crippen molar-refractivity contribution in [3.05, 3.63) is 62.5 Å². The summed E-state index contributed by atoms with van der Waals surface area (Å²) in [7, 11) is 0. The first kappa shape index (κ1) is 17.0. The van der Waals surface area contributed by atoms with Crippen molar-refractivity contribution in [3.63, 3.8) is 0 Å². The Bertz CT molecular complexity index is 776. The Morgan fingerprint density at radius 1 is 1.13 bits per heavy atom. The molecule has 0 saturated heterocycles. The van der Waals surface area contributed by atoms with Gasteiger partial charge in [-0.05, 0) is 60.8 Å². The Balaban J connectivity index is 2.45. The van der Waals surface area contributed by atoms with Gasteiger partial charge in [0.15, 0.2) is 0 Å². The third-order valence-corrected chi connectivity index (χ3v) is 3.67. The normalized spacial score (nSPS) is 11.0. The van der Waals surface area contributed by atoms with E-state index >= 15 is 0 Å². The minimum Gasteiger partial charge on any atom is -0.457 e. The first-order valence-electron chi connectivity index (χ1n) is 6.43. The van der Waals surface area contributed by atoms with Crippen LogP contribution in [0.3, 0.4) is 0 Å². The van der Waals surface area contributed by atoms with Crippen molar-refractivity contribution in [2.75, 3.05) is 0 Å². The number of rotatable bonds is 3. The Hall–Kier alpha value is -2.37. The molecule has 0 bridgehead atoms. The third kappa shape index (κ3) is 3.88. The molecule has 2 aromatic carbocycles. The molecule has 0 unspecified atom stereocenters. The second-order valence-electron chi connectivity index (χ2n) is 4.84. The number of benzene rings is 2. The van der Waals surface area contributed by atoms with Gasteiger partial charge < -0.3 is 4.74 Å². The maximum atomic E-state index is 12.7. The molecule has 2 aromatic rings. The molecule has 0 aliphatic rings. The van der Waals surface area contributed by atoms with Crippen LogP contribution < -0.4 is 4.74 Å². The van der Waals surface area contributed by atoms with E-state index in [1.165, 1.54) is 0 Å². The van der Waals surface area contributed by atoms with Crippen LogP contribution in [0.4, 0.5) is 18.9 Å². The fourth-order valence-electron chi connectivity index (χ4n) is 2.00. The number of aryl methyl sites for hydroxylation is 2. The van der Waals surface area contributed by atoms with E-state index in [-0.39, 0.29) is 11.4 Å². The lowest BCUT2D eigenvalue weighted by Crippen LogP contribution is -2.04. The summed E-state index contributed by atoms with van der Waals surface area (Å²) in [6.07, 6.45) is -4.54. The summed E-state index contributed by atoms with van der Waals surface area (Å²) in [5.41, 5.74) is 8.89. The maximum absolute atomic E-state index is 12.7. The number of azide groups is 1. The van der Waals surface area contributed by atoms with Gasteiger partial charge in [0, 0.05) is 9.93 Å². The number of alkyl halides is 3. The molecule has 0 saturated carbocycles. The zero-order valence-corrected chi connectivity index (χ0v) is 12.9. The molecule has 0 spiro atoms. The second-order valence-corrected chi connectivity index (χ2v) is 5.22. The van der Waals surface area contributed by atoms with Crippen LogP contribution in [0.2, 0.25) is 5.02 Å². The van der Waals surface area contributed by atoms with E-state index in [1.54, 1.807) is 26.0 Å². The average Bonchev–Trinajstić information content (AvgIpc) is 2.45. The van der Waals surface area contributed by atoms with Gasteiger partial charge in [0.2, 0.25) is 0 Å². The fourth-order valence-corrected chi connectivity index (χ4v) is 2.11. The molecule has 0 N–H and O–H groups in total. The monoisotopic (exact) mass is 341 g/mol. The van der Waals surface area contributed by atoms with E-state index in [0.717, 1.165) is 29.3 Å². The predicted molar refractivity (Wildman–Crippen MR) is 81.3 cm³/mol. The van der Waals surface area contributed by atoms with Crippen LogP contribution >= 0.6 is 11.6 Å². The number of hydrogen-bond donors (Lipinski definition) is 0. The highest BCUT2D eigenvalue weighted by Crippen LogP contribution is 2.39. The first-order valence-corrected chi connectivity index (χ1v) is 6.81. The summed E-state index contributed by atoms with van der Waals surface area (Å²) < 4.78 is 43.7. The van der Waals surface area contributed by atoms with Gasteiger partial charge in [-0.2, -0.15) is 13.2 Å². The highest BCUT2D eigenvalue weighted by molar-refractivity contribution is 6.32. The molecule has 0 aliphatic carbocycles. The first-order chi connectivity index (χ1) is 10.7. The summed E-state index contributed by atoms with van der Waals surface area (Å²) >= 11 is 6.06. The lowest BCUT2D eigenvalue weighted by molar-refractivity contribution is -0.137. The molecule has 0 radical (unpaired) electrons.